The van der Waals surface area contributed by atoms with E-state index in [1.165, 1.54) is 0 Å². The predicted molar refractivity (Wildman–Crippen MR) is 151 cm³/mol. The lowest BCUT2D eigenvalue weighted by Crippen LogP contribution is -2.40. The van der Waals surface area contributed by atoms with Crippen LogP contribution in [0.5, 0.6) is 11.5 Å². The van der Waals surface area contributed by atoms with Crippen molar-refractivity contribution in [3.05, 3.63) is 76.6 Å². The van der Waals surface area contributed by atoms with Gasteiger partial charge in [-0.15, -0.1) is 0 Å². The highest BCUT2D eigenvalue weighted by Gasteiger charge is 2.34. The Hall–Kier alpha value is -3.49. The minimum absolute atomic E-state index is 0.0596. The van der Waals surface area contributed by atoms with Gasteiger partial charge in [-0.05, 0) is 62.6 Å². The van der Waals surface area contributed by atoms with Crippen molar-refractivity contribution in [2.24, 2.45) is 5.92 Å². The van der Waals surface area contributed by atoms with Crippen LogP contribution in [0.3, 0.4) is 0 Å². The molecule has 1 fully saturated rings. The van der Waals surface area contributed by atoms with Crippen LogP contribution in [0, 0.1) is 5.92 Å². The first-order valence-corrected chi connectivity index (χ1v) is 14.1. The first-order valence-electron chi connectivity index (χ1n) is 13.7. The van der Waals surface area contributed by atoms with Gasteiger partial charge in [-0.1, -0.05) is 23.7 Å². The van der Waals surface area contributed by atoms with Crippen molar-refractivity contribution < 1.29 is 28.5 Å². The van der Waals surface area contributed by atoms with E-state index in [9.17, 15) is 9.59 Å². The zero-order valence-corrected chi connectivity index (χ0v) is 23.9. The Kier molecular flexibility index (Phi) is 8.66. The molecule has 5 rings (SSSR count). The fourth-order valence-corrected chi connectivity index (χ4v) is 5.93. The molecule has 8 nitrogen and oxygen atoms in total. The van der Waals surface area contributed by atoms with Crippen LogP contribution in [-0.4, -0.2) is 55.3 Å². The fourth-order valence-electron chi connectivity index (χ4n) is 5.75. The molecule has 212 valence electrons. The number of benzene rings is 2. The molecule has 9 heteroatoms. The largest absolute Gasteiger partial charge is 0.493 e. The Morgan fingerprint density at radius 3 is 2.55 bits per heavy atom. The number of fused-ring (bicyclic) bond motifs is 3. The molecule has 2 aromatic carbocycles. The average molecular weight is 567 g/mol. The second kappa shape index (κ2) is 12.4. The van der Waals surface area contributed by atoms with E-state index in [1.54, 1.807) is 14.2 Å². The number of hydrogen-bond acceptors (Lipinski definition) is 6. The summed E-state index contributed by atoms with van der Waals surface area (Å²) in [5.74, 6) is 0.951. The molecule has 0 aliphatic carbocycles. The number of piperidine rings is 1. The van der Waals surface area contributed by atoms with Gasteiger partial charge in [0.1, 0.15) is 6.10 Å². The maximum absolute atomic E-state index is 13.3. The van der Waals surface area contributed by atoms with Crippen molar-refractivity contribution in [3.63, 3.8) is 0 Å². The van der Waals surface area contributed by atoms with Crippen LogP contribution < -0.4 is 9.47 Å². The van der Waals surface area contributed by atoms with Gasteiger partial charge in [0.15, 0.2) is 11.5 Å². The number of para-hydroxylation sites is 1. The van der Waals surface area contributed by atoms with Crippen molar-refractivity contribution >= 4 is 23.5 Å². The quantitative estimate of drug-likeness (QED) is 0.316. The van der Waals surface area contributed by atoms with E-state index < -0.39 is 6.10 Å². The molecule has 3 heterocycles. The molecule has 2 aliphatic heterocycles. The van der Waals surface area contributed by atoms with E-state index in [0.717, 1.165) is 22.5 Å². The van der Waals surface area contributed by atoms with E-state index in [-0.39, 0.29) is 23.9 Å². The average Bonchev–Trinajstić information content (AvgIpc) is 3.42. The van der Waals surface area contributed by atoms with Crippen LogP contribution in [0.25, 0.3) is 5.69 Å². The third-order valence-electron chi connectivity index (χ3n) is 7.75. The number of nitrogens with zero attached hydrogens (tertiary/aromatic N) is 2. The third-order valence-corrected chi connectivity index (χ3v) is 7.98. The standard InChI is InChI=1S/C31H35ClN2O6/c1-4-39-31(36)20-14-17-33(18-15-20)28(35)13-12-26-25-8-6-16-34(25)24-11-10-21(32)19-23(24)29(40-26)22-7-5-9-27(37-2)30(22)38-3/h5-11,16,19-20,26,29H,4,12-15,17-18H2,1-3H3/t26-,29-/m0/s1. The Morgan fingerprint density at radius 1 is 1.02 bits per heavy atom. The second-order valence-corrected chi connectivity index (χ2v) is 10.5. The van der Waals surface area contributed by atoms with E-state index in [2.05, 4.69) is 4.57 Å². The number of aromatic nitrogens is 1. The van der Waals surface area contributed by atoms with E-state index in [4.69, 9.17) is 30.5 Å². The highest BCUT2D eigenvalue weighted by Crippen LogP contribution is 2.46. The number of ether oxygens (including phenoxy) is 4. The minimum atomic E-state index is -0.515. The maximum Gasteiger partial charge on any atom is 0.309 e. The summed E-state index contributed by atoms with van der Waals surface area (Å²) in [6, 6.07) is 15.5. The molecule has 2 aliphatic rings. The van der Waals surface area contributed by atoms with Crippen molar-refractivity contribution in [1.82, 2.24) is 9.47 Å². The lowest BCUT2D eigenvalue weighted by molar-refractivity contribution is -0.151. The summed E-state index contributed by atoms with van der Waals surface area (Å²) in [5.41, 5.74) is 3.62. The van der Waals surface area contributed by atoms with Crippen LogP contribution in [0.4, 0.5) is 0 Å². The van der Waals surface area contributed by atoms with Gasteiger partial charge >= 0.3 is 5.97 Å². The third kappa shape index (κ3) is 5.56. The molecule has 0 bridgehead atoms. The van der Waals surface area contributed by atoms with Gasteiger partial charge in [-0.2, -0.15) is 0 Å². The van der Waals surface area contributed by atoms with Gasteiger partial charge in [0.05, 0.1) is 44.2 Å². The normalized spacial score (nSPS) is 18.9. The van der Waals surface area contributed by atoms with Crippen LogP contribution in [0.2, 0.25) is 5.02 Å². The second-order valence-electron chi connectivity index (χ2n) is 10.0. The number of hydrogen-bond donors (Lipinski definition) is 0. The first-order chi connectivity index (χ1) is 19.4. The number of amides is 1. The van der Waals surface area contributed by atoms with E-state index in [1.807, 2.05) is 66.6 Å². The fraction of sp³-hybridized carbons (Fsp3) is 0.419. The van der Waals surface area contributed by atoms with Crippen LogP contribution in [0.15, 0.2) is 54.7 Å². The lowest BCUT2D eigenvalue weighted by atomic mass is 9.96. The summed E-state index contributed by atoms with van der Waals surface area (Å²) in [6.07, 6.45) is 3.18. The van der Waals surface area contributed by atoms with Crippen LogP contribution in [0.1, 0.15) is 61.6 Å². The van der Waals surface area contributed by atoms with E-state index >= 15 is 0 Å². The zero-order valence-electron chi connectivity index (χ0n) is 23.1. The van der Waals surface area contributed by atoms with Crippen molar-refractivity contribution in [2.75, 3.05) is 33.9 Å². The Labute approximate surface area is 239 Å². The van der Waals surface area contributed by atoms with Gasteiger partial charge in [0.25, 0.3) is 0 Å². The molecule has 0 unspecified atom stereocenters. The molecule has 3 aromatic rings. The summed E-state index contributed by atoms with van der Waals surface area (Å²) in [6.45, 7) is 3.29. The van der Waals surface area contributed by atoms with Crippen molar-refractivity contribution in [3.8, 4) is 17.2 Å². The molecule has 1 aromatic heterocycles. The molecule has 1 amide bonds. The molecule has 0 N–H and O–H groups in total. The Bertz CT molecular complexity index is 1360. The molecule has 0 spiro atoms. The van der Waals surface area contributed by atoms with Gasteiger partial charge < -0.3 is 28.4 Å². The molecular weight excluding hydrogens is 532 g/mol. The Morgan fingerprint density at radius 2 is 1.82 bits per heavy atom. The van der Waals surface area contributed by atoms with Crippen molar-refractivity contribution in [1.29, 1.82) is 0 Å². The Balaban J connectivity index is 1.41. The van der Waals surface area contributed by atoms with Gasteiger partial charge in [-0.3, -0.25) is 9.59 Å². The smallest absolute Gasteiger partial charge is 0.309 e. The summed E-state index contributed by atoms with van der Waals surface area (Å²) < 4.78 is 25.5. The monoisotopic (exact) mass is 566 g/mol. The molecule has 2 atom stereocenters. The summed E-state index contributed by atoms with van der Waals surface area (Å²) in [4.78, 5) is 27.2. The highest BCUT2D eigenvalue weighted by molar-refractivity contribution is 6.30. The number of rotatable bonds is 8. The van der Waals surface area contributed by atoms with Crippen LogP contribution in [-0.2, 0) is 19.1 Å². The molecular formula is C31H35ClN2O6. The number of carbonyl (C=O) groups is 2. The first kappa shape index (κ1) is 28.1. The SMILES string of the molecule is CCOC(=O)C1CCN(C(=O)CC[C@@H]2O[C@@H](c3cccc(OC)c3OC)c3cc(Cl)ccc3-n3cccc32)CC1. The molecule has 0 saturated carbocycles. The van der Waals surface area contributed by atoms with Gasteiger partial charge in [0.2, 0.25) is 5.91 Å². The van der Waals surface area contributed by atoms with E-state index in [0.29, 0.717) is 61.9 Å². The minimum Gasteiger partial charge on any atom is -0.493 e. The summed E-state index contributed by atoms with van der Waals surface area (Å²) in [7, 11) is 3.22. The van der Waals surface area contributed by atoms with Crippen molar-refractivity contribution in [2.45, 2.75) is 44.8 Å². The summed E-state index contributed by atoms with van der Waals surface area (Å²) in [5, 5.41) is 0.600. The van der Waals surface area contributed by atoms with Gasteiger partial charge in [0, 0.05) is 41.9 Å². The number of carbonyl (C=O) groups excluding carboxylic acids is 2. The molecule has 1 saturated heterocycles. The van der Waals surface area contributed by atoms with Crippen LogP contribution >= 0.6 is 11.6 Å². The van der Waals surface area contributed by atoms with Gasteiger partial charge in [-0.25, -0.2) is 0 Å². The number of methoxy groups -OCH3 is 2. The topological polar surface area (TPSA) is 79.2 Å². The predicted octanol–water partition coefficient (Wildman–Crippen LogP) is 5.89. The molecule has 0 radical (unpaired) electrons. The number of likely N-dealkylation sites (tertiary alicyclic amines) is 1. The maximum atomic E-state index is 13.3. The molecule has 40 heavy (non-hydrogen) atoms. The lowest BCUT2D eigenvalue weighted by Gasteiger charge is -2.31. The number of esters is 1. The highest BCUT2D eigenvalue weighted by atomic mass is 35.5. The number of halogens is 1. The zero-order chi connectivity index (χ0) is 28.2. The summed E-state index contributed by atoms with van der Waals surface area (Å²) >= 11 is 6.49.